The number of rotatable bonds is 0. The molecule has 0 aliphatic carbocycles. The van der Waals surface area contributed by atoms with Gasteiger partial charge < -0.3 is 10.1 Å². The fourth-order valence-corrected chi connectivity index (χ4v) is 0.734. The predicted molar refractivity (Wildman–Crippen MR) is 34.3 cm³/mol. The van der Waals surface area contributed by atoms with E-state index in [1.54, 1.807) is 5.41 Å². The van der Waals surface area contributed by atoms with Crippen LogP contribution in [0.2, 0.25) is 0 Å². The normalized spacial score (nSPS) is 16.2. The van der Waals surface area contributed by atoms with Crippen molar-refractivity contribution < 1.29 is 4.92 Å². The van der Waals surface area contributed by atoms with E-state index in [1.807, 2.05) is 0 Å². The molecule has 1 heterocycles. The van der Waals surface area contributed by atoms with Gasteiger partial charge in [0.25, 0.3) is 0 Å². The molecular formula is C3H3N3O2S. The van der Waals surface area contributed by atoms with Crippen LogP contribution in [0.5, 0.6) is 0 Å². The average Bonchev–Trinajstić information content (AvgIpc) is 1.90. The Morgan fingerprint density at radius 1 is 1.89 bits per heavy atom. The zero-order chi connectivity index (χ0) is 6.69. The largest absolute Gasteiger partial charge is 0.389 e. The van der Waals surface area contributed by atoms with Crippen LogP contribution in [0.25, 0.3) is 0 Å². The molecule has 0 unspecified atom stereocenters. The van der Waals surface area contributed by atoms with Crippen LogP contribution in [-0.2, 0) is 0 Å². The number of amidine groups is 1. The number of hydrogen-bond donors (Lipinski definition) is 1. The molecule has 9 heavy (non-hydrogen) atoms. The van der Waals surface area contributed by atoms with Crippen LogP contribution >= 0.6 is 11.9 Å². The quantitative estimate of drug-likeness (QED) is 0.303. The SMILES string of the molecule is O=[N+]([O-])C1=NNSC=C1. The van der Waals surface area contributed by atoms with Crippen molar-refractivity contribution in [2.75, 3.05) is 0 Å². The zero-order valence-corrected chi connectivity index (χ0v) is 5.09. The molecular weight excluding hydrogens is 142 g/mol. The van der Waals surface area contributed by atoms with Gasteiger partial charge in [0.05, 0.1) is 5.10 Å². The summed E-state index contributed by atoms with van der Waals surface area (Å²) in [7, 11) is 0. The van der Waals surface area contributed by atoms with Crippen LogP contribution < -0.4 is 4.83 Å². The van der Waals surface area contributed by atoms with Crippen molar-refractivity contribution in [3.8, 4) is 0 Å². The molecule has 0 bridgehead atoms. The highest BCUT2D eigenvalue weighted by Gasteiger charge is 2.09. The van der Waals surface area contributed by atoms with Gasteiger partial charge >= 0.3 is 5.84 Å². The van der Waals surface area contributed by atoms with E-state index in [1.165, 1.54) is 18.0 Å². The summed E-state index contributed by atoms with van der Waals surface area (Å²) in [4.78, 5) is 11.8. The lowest BCUT2D eigenvalue weighted by Gasteiger charge is -1.94. The summed E-state index contributed by atoms with van der Waals surface area (Å²) >= 11 is 1.19. The molecule has 1 aliphatic rings. The lowest BCUT2D eigenvalue weighted by atomic mass is 10.6. The summed E-state index contributed by atoms with van der Waals surface area (Å²) in [6.45, 7) is 0. The first-order valence-electron chi connectivity index (χ1n) is 2.10. The van der Waals surface area contributed by atoms with E-state index < -0.39 is 4.92 Å². The van der Waals surface area contributed by atoms with Crippen LogP contribution in [0.3, 0.4) is 0 Å². The van der Waals surface area contributed by atoms with Crippen molar-refractivity contribution in [3.05, 3.63) is 21.6 Å². The smallest absolute Gasteiger partial charge is 0.358 e. The molecule has 0 aromatic rings. The van der Waals surface area contributed by atoms with Gasteiger partial charge in [-0.2, -0.15) is 4.83 Å². The first kappa shape index (κ1) is 6.09. The Labute approximate surface area is 55.1 Å². The van der Waals surface area contributed by atoms with Gasteiger partial charge in [-0.3, -0.25) is 0 Å². The van der Waals surface area contributed by atoms with E-state index >= 15 is 0 Å². The van der Waals surface area contributed by atoms with Crippen molar-refractivity contribution in [1.29, 1.82) is 0 Å². The lowest BCUT2D eigenvalue weighted by Crippen LogP contribution is -2.13. The van der Waals surface area contributed by atoms with E-state index in [9.17, 15) is 10.1 Å². The third-order valence-electron chi connectivity index (χ3n) is 0.685. The van der Waals surface area contributed by atoms with Crippen LogP contribution in [0.1, 0.15) is 0 Å². The van der Waals surface area contributed by atoms with Gasteiger partial charge in [-0.05, 0) is 4.92 Å². The minimum absolute atomic E-state index is 0.159. The maximum atomic E-state index is 9.93. The standard InChI is InChI=1S/C3H3N3O2S/c7-6(8)3-1-2-9-5-4-3/h1-2,5H. The minimum atomic E-state index is -0.552. The second-order valence-corrected chi connectivity index (χ2v) is 1.93. The summed E-state index contributed by atoms with van der Waals surface area (Å²) in [6, 6.07) is 0. The molecule has 0 amide bonds. The molecule has 1 aliphatic heterocycles. The minimum Gasteiger partial charge on any atom is -0.358 e. The number of nitrogens with one attached hydrogen (secondary N) is 1. The highest BCUT2D eigenvalue weighted by Crippen LogP contribution is 2.01. The van der Waals surface area contributed by atoms with E-state index in [0.29, 0.717) is 0 Å². The third-order valence-corrected chi connectivity index (χ3v) is 1.15. The predicted octanol–water partition coefficient (Wildman–Crippen LogP) is 0.342. The molecule has 0 saturated carbocycles. The zero-order valence-electron chi connectivity index (χ0n) is 4.27. The van der Waals surface area contributed by atoms with Gasteiger partial charge in [0.15, 0.2) is 0 Å². The fourth-order valence-electron chi connectivity index (χ4n) is 0.337. The van der Waals surface area contributed by atoms with E-state index in [2.05, 4.69) is 9.93 Å². The number of hydrogen-bond acceptors (Lipinski definition) is 5. The van der Waals surface area contributed by atoms with Gasteiger partial charge in [-0.1, -0.05) is 0 Å². The van der Waals surface area contributed by atoms with Gasteiger partial charge in [-0.15, -0.1) is 0 Å². The van der Waals surface area contributed by atoms with Gasteiger partial charge in [0.2, 0.25) is 0 Å². The first-order chi connectivity index (χ1) is 4.30. The summed E-state index contributed by atoms with van der Waals surface area (Å²) in [5.41, 5.74) is 0. The van der Waals surface area contributed by atoms with Crippen molar-refractivity contribution in [2.45, 2.75) is 0 Å². The van der Waals surface area contributed by atoms with Crippen molar-refractivity contribution in [3.63, 3.8) is 0 Å². The number of hydrazone groups is 1. The van der Waals surface area contributed by atoms with E-state index in [0.717, 1.165) is 0 Å². The maximum absolute atomic E-state index is 9.93. The Hall–Kier alpha value is -1.04. The summed E-state index contributed by atoms with van der Waals surface area (Å²) in [5.74, 6) is -0.159. The monoisotopic (exact) mass is 145 g/mol. The van der Waals surface area contributed by atoms with E-state index in [-0.39, 0.29) is 5.84 Å². The van der Waals surface area contributed by atoms with Gasteiger partial charge in [0.1, 0.15) is 0 Å². The second kappa shape index (κ2) is 2.49. The molecule has 1 N–H and O–H groups in total. The molecule has 48 valence electrons. The third kappa shape index (κ3) is 1.43. The molecule has 1 rings (SSSR count). The van der Waals surface area contributed by atoms with Gasteiger partial charge in [-0.25, -0.2) is 0 Å². The van der Waals surface area contributed by atoms with E-state index in [4.69, 9.17) is 0 Å². The fraction of sp³-hybridized carbons (Fsp3) is 0. The molecule has 5 nitrogen and oxygen atoms in total. The van der Waals surface area contributed by atoms with Crippen LogP contribution in [0.4, 0.5) is 0 Å². The Balaban J connectivity index is 2.69. The maximum Gasteiger partial charge on any atom is 0.389 e. The Kier molecular flexibility index (Phi) is 1.69. The molecule has 0 aromatic heterocycles. The van der Waals surface area contributed by atoms with Crippen molar-refractivity contribution in [2.24, 2.45) is 5.10 Å². The second-order valence-electron chi connectivity index (χ2n) is 1.24. The first-order valence-corrected chi connectivity index (χ1v) is 2.98. The van der Waals surface area contributed by atoms with Crippen LogP contribution in [0.15, 0.2) is 16.6 Å². The molecule has 0 radical (unpaired) electrons. The van der Waals surface area contributed by atoms with Gasteiger partial charge in [0, 0.05) is 23.4 Å². The molecule has 6 heteroatoms. The number of nitro groups is 1. The highest BCUT2D eigenvalue weighted by molar-refractivity contribution is 8.00. The molecule has 0 saturated heterocycles. The van der Waals surface area contributed by atoms with Crippen LogP contribution in [-0.4, -0.2) is 10.8 Å². The molecule has 0 fully saturated rings. The lowest BCUT2D eigenvalue weighted by molar-refractivity contribution is -0.348. The Morgan fingerprint density at radius 2 is 2.67 bits per heavy atom. The molecule has 0 atom stereocenters. The summed E-state index contributed by atoms with van der Waals surface area (Å²) < 4.78 is 0. The summed E-state index contributed by atoms with van der Waals surface area (Å²) in [6.07, 6.45) is 1.33. The molecule has 0 aromatic carbocycles. The van der Waals surface area contributed by atoms with Crippen molar-refractivity contribution in [1.82, 2.24) is 4.83 Å². The highest BCUT2D eigenvalue weighted by atomic mass is 32.2. The average molecular weight is 145 g/mol. The van der Waals surface area contributed by atoms with Crippen LogP contribution in [0, 0.1) is 10.1 Å². The number of nitrogens with zero attached hydrogens (tertiary/aromatic N) is 2. The Morgan fingerprint density at radius 3 is 3.00 bits per heavy atom. The topological polar surface area (TPSA) is 67.5 Å². The summed E-state index contributed by atoms with van der Waals surface area (Å²) in [5, 5.41) is 14.9. The van der Waals surface area contributed by atoms with Crippen molar-refractivity contribution >= 4 is 17.8 Å². The Bertz CT molecular complexity index is 187. The molecule has 0 spiro atoms.